The molecule has 5 heteroatoms. The number of fused-ring (bicyclic) bond motifs is 1. The summed E-state index contributed by atoms with van der Waals surface area (Å²) in [5.74, 6) is 1.00. The van der Waals surface area contributed by atoms with Crippen molar-refractivity contribution < 1.29 is 0 Å². The minimum Gasteiger partial charge on any atom is -0.382 e. The molecule has 1 saturated carbocycles. The Hall–Kier alpha value is -1.71. The fourth-order valence-corrected chi connectivity index (χ4v) is 3.46. The molecule has 1 aliphatic carbocycles. The zero-order chi connectivity index (χ0) is 16.7. The number of imidazole rings is 1. The number of benzene rings is 2. The van der Waals surface area contributed by atoms with Crippen LogP contribution < -0.4 is 5.32 Å². The topological polar surface area (TPSA) is 29.9 Å². The van der Waals surface area contributed by atoms with Crippen LogP contribution in [0.5, 0.6) is 0 Å². The van der Waals surface area contributed by atoms with Gasteiger partial charge in [-0.05, 0) is 55.7 Å². The third-order valence-corrected chi connectivity index (χ3v) is 5.41. The van der Waals surface area contributed by atoms with Crippen LogP contribution in [-0.2, 0) is 6.42 Å². The highest BCUT2D eigenvalue weighted by Gasteiger charge is 2.17. The molecule has 0 bridgehead atoms. The van der Waals surface area contributed by atoms with Gasteiger partial charge in [-0.3, -0.25) is 4.57 Å². The number of halogens is 2. The van der Waals surface area contributed by atoms with Gasteiger partial charge in [0.1, 0.15) is 5.82 Å². The van der Waals surface area contributed by atoms with Gasteiger partial charge in [-0.25, -0.2) is 4.98 Å². The zero-order valence-corrected chi connectivity index (χ0v) is 15.0. The predicted molar refractivity (Wildman–Crippen MR) is 102 cm³/mol. The summed E-state index contributed by atoms with van der Waals surface area (Å²) >= 11 is 12.4. The summed E-state index contributed by atoms with van der Waals surface area (Å²) in [5.41, 5.74) is 4.12. The molecular formula is C19H19Cl2N3. The summed E-state index contributed by atoms with van der Waals surface area (Å²) in [6.45, 7) is 2.10. The Morgan fingerprint density at radius 3 is 2.46 bits per heavy atom. The van der Waals surface area contributed by atoms with Gasteiger partial charge >= 0.3 is 0 Å². The third kappa shape index (κ3) is 2.76. The molecule has 124 valence electrons. The maximum Gasteiger partial charge on any atom is 0.114 e. The lowest BCUT2D eigenvalue weighted by molar-refractivity contribution is 0.445. The van der Waals surface area contributed by atoms with E-state index in [1.54, 1.807) is 0 Å². The zero-order valence-electron chi connectivity index (χ0n) is 13.5. The molecule has 1 heterocycles. The maximum absolute atomic E-state index is 6.22. The Balaban J connectivity index is 1.75. The molecule has 0 atom stereocenters. The fraction of sp³-hybridized carbons (Fsp3) is 0.316. The van der Waals surface area contributed by atoms with Crippen LogP contribution in [0.15, 0.2) is 36.4 Å². The van der Waals surface area contributed by atoms with Crippen molar-refractivity contribution in [1.29, 1.82) is 0 Å². The van der Waals surface area contributed by atoms with Crippen molar-refractivity contribution in [3.8, 4) is 5.69 Å². The number of aryl methyl sites for hydroxylation is 1. The Bertz CT molecular complexity index is 880. The molecule has 1 aromatic heterocycles. The average Bonchev–Trinajstić information content (AvgIpc) is 2.89. The molecule has 0 spiro atoms. The Morgan fingerprint density at radius 2 is 1.83 bits per heavy atom. The summed E-state index contributed by atoms with van der Waals surface area (Å²) < 4.78 is 2.16. The monoisotopic (exact) mass is 359 g/mol. The quantitative estimate of drug-likeness (QED) is 0.632. The lowest BCUT2D eigenvalue weighted by atomic mass is 9.93. The van der Waals surface area contributed by atoms with Crippen LogP contribution >= 0.6 is 23.2 Å². The smallest absolute Gasteiger partial charge is 0.114 e. The molecule has 0 saturated heterocycles. The number of anilines is 1. The molecule has 0 unspecified atom stereocenters. The van der Waals surface area contributed by atoms with Crippen LogP contribution in [0.2, 0.25) is 10.0 Å². The second-order valence-electron chi connectivity index (χ2n) is 6.29. The predicted octanol–water partition coefficient (Wildman–Crippen LogP) is 5.86. The third-order valence-electron chi connectivity index (χ3n) is 4.68. The van der Waals surface area contributed by atoms with Crippen LogP contribution in [-0.4, -0.2) is 15.6 Å². The van der Waals surface area contributed by atoms with Crippen LogP contribution in [0.25, 0.3) is 16.7 Å². The van der Waals surface area contributed by atoms with Crippen LogP contribution in [0.1, 0.15) is 32.0 Å². The molecule has 0 aliphatic heterocycles. The molecule has 4 rings (SSSR count). The van der Waals surface area contributed by atoms with Crippen LogP contribution in [0, 0.1) is 0 Å². The van der Waals surface area contributed by atoms with E-state index in [9.17, 15) is 0 Å². The van der Waals surface area contributed by atoms with Gasteiger partial charge in [0.2, 0.25) is 0 Å². The Morgan fingerprint density at radius 1 is 1.12 bits per heavy atom. The van der Waals surface area contributed by atoms with Gasteiger partial charge in [0.05, 0.1) is 21.1 Å². The van der Waals surface area contributed by atoms with E-state index in [1.807, 2.05) is 12.1 Å². The van der Waals surface area contributed by atoms with Gasteiger partial charge in [0, 0.05) is 23.8 Å². The highest BCUT2D eigenvalue weighted by Crippen LogP contribution is 2.31. The number of hydrogen-bond donors (Lipinski definition) is 1. The van der Waals surface area contributed by atoms with E-state index >= 15 is 0 Å². The highest BCUT2D eigenvalue weighted by atomic mass is 35.5. The summed E-state index contributed by atoms with van der Waals surface area (Å²) in [6.07, 6.45) is 4.71. The molecule has 2 aromatic carbocycles. The average molecular weight is 360 g/mol. The van der Waals surface area contributed by atoms with E-state index in [1.165, 1.54) is 24.9 Å². The summed E-state index contributed by atoms with van der Waals surface area (Å²) in [5, 5.41) is 4.66. The minimum absolute atomic E-state index is 0.538. The Kier molecular flexibility index (Phi) is 4.15. The lowest BCUT2D eigenvalue weighted by Gasteiger charge is -2.27. The van der Waals surface area contributed by atoms with E-state index in [0.29, 0.717) is 16.1 Å². The number of aromatic nitrogens is 2. The van der Waals surface area contributed by atoms with Gasteiger partial charge < -0.3 is 5.32 Å². The SMILES string of the molecule is CCc1nc2cc(Cl)c(Cl)cc2n1-c1ccc(NC2CCC2)cc1. The van der Waals surface area contributed by atoms with E-state index in [-0.39, 0.29) is 0 Å². The number of nitrogens with zero attached hydrogens (tertiary/aromatic N) is 2. The fourth-order valence-electron chi connectivity index (χ4n) is 3.14. The summed E-state index contributed by atoms with van der Waals surface area (Å²) in [4.78, 5) is 4.71. The van der Waals surface area contributed by atoms with E-state index < -0.39 is 0 Å². The van der Waals surface area contributed by atoms with Crippen LogP contribution in [0.4, 0.5) is 5.69 Å². The molecule has 3 aromatic rings. The summed E-state index contributed by atoms with van der Waals surface area (Å²) in [7, 11) is 0. The van der Waals surface area contributed by atoms with Gasteiger partial charge in [-0.15, -0.1) is 0 Å². The summed E-state index contributed by atoms with van der Waals surface area (Å²) in [6, 6.07) is 12.9. The van der Waals surface area contributed by atoms with Crippen molar-refractivity contribution in [3.05, 3.63) is 52.3 Å². The number of nitrogens with one attached hydrogen (secondary N) is 1. The van der Waals surface area contributed by atoms with Gasteiger partial charge in [0.25, 0.3) is 0 Å². The van der Waals surface area contributed by atoms with Crippen molar-refractivity contribution in [2.75, 3.05) is 5.32 Å². The normalized spacial score (nSPS) is 14.8. The molecule has 0 amide bonds. The van der Waals surface area contributed by atoms with E-state index in [2.05, 4.69) is 41.1 Å². The van der Waals surface area contributed by atoms with Crippen molar-refractivity contribution >= 4 is 39.9 Å². The molecular weight excluding hydrogens is 341 g/mol. The Labute approximate surface area is 151 Å². The molecule has 0 radical (unpaired) electrons. The molecule has 24 heavy (non-hydrogen) atoms. The van der Waals surface area contributed by atoms with Gasteiger partial charge in [-0.2, -0.15) is 0 Å². The first-order valence-corrected chi connectivity index (χ1v) is 9.14. The number of rotatable bonds is 4. The van der Waals surface area contributed by atoms with Crippen molar-refractivity contribution in [3.63, 3.8) is 0 Å². The second-order valence-corrected chi connectivity index (χ2v) is 7.11. The first-order chi connectivity index (χ1) is 11.7. The molecule has 1 aliphatic rings. The van der Waals surface area contributed by atoms with Crippen molar-refractivity contribution in [2.45, 2.75) is 38.6 Å². The highest BCUT2D eigenvalue weighted by molar-refractivity contribution is 6.42. The second kappa shape index (κ2) is 6.30. The van der Waals surface area contributed by atoms with Crippen molar-refractivity contribution in [1.82, 2.24) is 9.55 Å². The van der Waals surface area contributed by atoms with Gasteiger partial charge in [-0.1, -0.05) is 30.1 Å². The van der Waals surface area contributed by atoms with Gasteiger partial charge in [0.15, 0.2) is 0 Å². The first-order valence-electron chi connectivity index (χ1n) is 8.39. The minimum atomic E-state index is 0.538. The molecule has 1 N–H and O–H groups in total. The van der Waals surface area contributed by atoms with Crippen molar-refractivity contribution in [2.24, 2.45) is 0 Å². The van der Waals surface area contributed by atoms with Crippen LogP contribution in [0.3, 0.4) is 0 Å². The van der Waals surface area contributed by atoms with E-state index in [0.717, 1.165) is 29.0 Å². The molecule has 1 fully saturated rings. The maximum atomic E-state index is 6.22. The first kappa shape index (κ1) is 15.8. The lowest BCUT2D eigenvalue weighted by Crippen LogP contribution is -2.26. The molecule has 3 nitrogen and oxygen atoms in total. The standard InChI is InChI=1S/C19H19Cl2N3/c1-2-19-23-17-10-15(20)16(21)11-18(17)24(19)14-8-6-13(7-9-14)22-12-4-3-5-12/h6-12,22H,2-5H2,1H3. The largest absolute Gasteiger partial charge is 0.382 e. The number of hydrogen-bond acceptors (Lipinski definition) is 2. The van der Waals surface area contributed by atoms with E-state index in [4.69, 9.17) is 28.2 Å².